The molecule has 5 aliphatic carbocycles. The van der Waals surface area contributed by atoms with E-state index in [4.69, 9.17) is 28.4 Å². The van der Waals surface area contributed by atoms with Gasteiger partial charge in [-0.3, -0.25) is 9.59 Å². The number of aliphatic hydroxyl groups is 3. The quantitative estimate of drug-likeness (QED) is 0.239. The minimum Gasteiger partial charge on any atom is -0.455 e. The lowest BCUT2D eigenvalue weighted by Crippen LogP contribution is -2.81. The number of benzene rings is 1. The molecule has 5 saturated carbocycles. The summed E-state index contributed by atoms with van der Waals surface area (Å²) in [6.45, 7) is 1.44. The van der Waals surface area contributed by atoms with Crippen LogP contribution in [0.25, 0.3) is 0 Å². The molecule has 1 aliphatic heterocycles. The van der Waals surface area contributed by atoms with Gasteiger partial charge in [-0.05, 0) is 24.5 Å². The van der Waals surface area contributed by atoms with Gasteiger partial charge in [0, 0.05) is 83.0 Å². The molecule has 1 saturated heterocycles. The van der Waals surface area contributed by atoms with E-state index in [0.29, 0.717) is 0 Å². The lowest BCUT2D eigenvalue weighted by atomic mass is 9.42. The van der Waals surface area contributed by atoms with Crippen LogP contribution in [0.15, 0.2) is 30.3 Å². The monoisotopic (exact) mass is 645 g/mol. The van der Waals surface area contributed by atoms with Gasteiger partial charge in [0.25, 0.3) is 0 Å². The second kappa shape index (κ2) is 10.7. The molecule has 6 fully saturated rings. The van der Waals surface area contributed by atoms with E-state index in [-0.39, 0.29) is 31.6 Å². The molecule has 0 aromatic heterocycles. The second-order valence-corrected chi connectivity index (χ2v) is 14.1. The Bertz CT molecular complexity index is 1400. The topological polar surface area (TPSA) is 171 Å². The number of carbonyl (C=O) groups is 3. The summed E-state index contributed by atoms with van der Waals surface area (Å²) in [6.07, 6.45) is -5.77. The van der Waals surface area contributed by atoms with Crippen LogP contribution in [0.2, 0.25) is 0 Å². The van der Waals surface area contributed by atoms with Crippen molar-refractivity contribution in [2.45, 2.75) is 73.6 Å². The van der Waals surface area contributed by atoms with E-state index in [1.54, 1.807) is 42.3 Å². The molecular weight excluding hydrogens is 602 g/mol. The third-order valence-electron chi connectivity index (χ3n) is 12.8. The van der Waals surface area contributed by atoms with Gasteiger partial charge in [-0.1, -0.05) is 18.2 Å². The Morgan fingerprint density at radius 2 is 1.74 bits per heavy atom. The van der Waals surface area contributed by atoms with Gasteiger partial charge < -0.3 is 48.6 Å². The van der Waals surface area contributed by atoms with Crippen molar-refractivity contribution >= 4 is 18.3 Å². The molecular formula is C33H43NO12. The number of methoxy groups -OCH3 is 4. The van der Waals surface area contributed by atoms with Crippen molar-refractivity contribution < 1.29 is 58.1 Å². The van der Waals surface area contributed by atoms with E-state index in [0.717, 1.165) is 6.41 Å². The standard InChI is InChI=1S/C33H43NO12/c1-16(36)46-33-21-18(12-31(40,28(44-5)26(33)38)27(21)45-29(39)17-9-7-6-8-10-17)32-20(42-3)11-19(37)30(14-41-2)13-34(15-35)25(32)22(33)23(43-4)24(30)32/h6-10,15,18-28,37-38,40H,11-14H2,1-5H3/t18-,19-,20+,21-,22?,23+,24-,25-,26?,27?,28+,30+,31-,32?,33-/m1/s1. The number of hydrogen-bond donors (Lipinski definition) is 3. The van der Waals surface area contributed by atoms with E-state index in [2.05, 4.69) is 0 Å². The maximum atomic E-state index is 13.7. The van der Waals surface area contributed by atoms with Crippen LogP contribution in [0.3, 0.4) is 0 Å². The van der Waals surface area contributed by atoms with E-state index in [1.807, 2.05) is 0 Å². The highest BCUT2D eigenvalue weighted by molar-refractivity contribution is 5.89. The number of hydrogen-bond acceptors (Lipinski definition) is 12. The average molecular weight is 646 g/mol. The zero-order valence-electron chi connectivity index (χ0n) is 26.6. The molecule has 46 heavy (non-hydrogen) atoms. The minimum atomic E-state index is -1.92. The molecule has 7 bridgehead atoms. The molecule has 0 radical (unpaired) electrons. The number of rotatable bonds is 9. The molecule has 15 atom stereocenters. The fraction of sp³-hybridized carbons (Fsp3) is 0.727. The van der Waals surface area contributed by atoms with Crippen molar-refractivity contribution in [3.63, 3.8) is 0 Å². The molecule has 1 spiro atoms. The van der Waals surface area contributed by atoms with E-state index >= 15 is 0 Å². The molecule has 13 nitrogen and oxygen atoms in total. The van der Waals surface area contributed by atoms with Crippen molar-refractivity contribution in [3.8, 4) is 0 Å². The van der Waals surface area contributed by atoms with Crippen LogP contribution in [0.5, 0.6) is 0 Å². The number of carbonyl (C=O) groups excluding carboxylic acids is 3. The van der Waals surface area contributed by atoms with Gasteiger partial charge in [0.05, 0.1) is 30.5 Å². The fourth-order valence-electron chi connectivity index (χ4n) is 12.0. The number of ether oxygens (including phenoxy) is 6. The Kier molecular flexibility index (Phi) is 7.41. The predicted octanol–water partition coefficient (Wildman–Crippen LogP) is -0.215. The van der Waals surface area contributed by atoms with E-state index in [9.17, 15) is 29.7 Å². The van der Waals surface area contributed by atoms with Gasteiger partial charge in [0.2, 0.25) is 6.41 Å². The van der Waals surface area contributed by atoms with Crippen LogP contribution < -0.4 is 0 Å². The highest BCUT2D eigenvalue weighted by atomic mass is 16.6. The van der Waals surface area contributed by atoms with Crippen molar-refractivity contribution in [2.24, 2.45) is 34.5 Å². The Labute approximate surface area is 267 Å². The first-order chi connectivity index (χ1) is 22.0. The number of piperidine rings is 1. The van der Waals surface area contributed by atoms with E-state index in [1.165, 1.54) is 28.3 Å². The Morgan fingerprint density at radius 3 is 2.33 bits per heavy atom. The highest BCUT2D eigenvalue weighted by Gasteiger charge is 2.92. The summed E-state index contributed by atoms with van der Waals surface area (Å²) in [7, 11) is 5.95. The molecule has 252 valence electrons. The minimum absolute atomic E-state index is 0.0369. The van der Waals surface area contributed by atoms with Crippen molar-refractivity contribution in [3.05, 3.63) is 35.9 Å². The molecule has 7 rings (SSSR count). The first-order valence-electron chi connectivity index (χ1n) is 15.8. The first-order valence-corrected chi connectivity index (χ1v) is 15.8. The maximum Gasteiger partial charge on any atom is 0.338 e. The zero-order valence-corrected chi connectivity index (χ0v) is 26.6. The highest BCUT2D eigenvalue weighted by Crippen LogP contribution is 2.80. The second-order valence-electron chi connectivity index (χ2n) is 14.1. The summed E-state index contributed by atoms with van der Waals surface area (Å²) >= 11 is 0. The molecule has 4 unspecified atom stereocenters. The number of esters is 2. The van der Waals surface area contributed by atoms with Crippen LogP contribution in [-0.4, -0.2) is 134 Å². The fourth-order valence-corrected chi connectivity index (χ4v) is 12.0. The Hall–Kier alpha value is -2.65. The summed E-state index contributed by atoms with van der Waals surface area (Å²) in [5, 5.41) is 37.0. The average Bonchev–Trinajstić information content (AvgIpc) is 3.41. The summed E-state index contributed by atoms with van der Waals surface area (Å²) in [6, 6.07) is 7.64. The van der Waals surface area contributed by atoms with Crippen LogP contribution >= 0.6 is 0 Å². The van der Waals surface area contributed by atoms with Gasteiger partial charge in [-0.2, -0.15) is 0 Å². The largest absolute Gasteiger partial charge is 0.455 e. The maximum absolute atomic E-state index is 13.7. The summed E-state index contributed by atoms with van der Waals surface area (Å²) in [4.78, 5) is 41.6. The van der Waals surface area contributed by atoms with Gasteiger partial charge in [0.1, 0.15) is 23.9 Å². The summed E-state index contributed by atoms with van der Waals surface area (Å²) < 4.78 is 36.8. The number of likely N-dealkylation sites (tertiary alicyclic amines) is 1. The molecule has 1 aromatic rings. The van der Waals surface area contributed by atoms with Gasteiger partial charge in [0.15, 0.2) is 5.60 Å². The van der Waals surface area contributed by atoms with Crippen LogP contribution in [0, 0.1) is 34.5 Å². The van der Waals surface area contributed by atoms with Crippen molar-refractivity contribution in [2.75, 3.05) is 41.6 Å². The number of nitrogens with zero attached hydrogens (tertiary/aromatic N) is 1. The lowest BCUT2D eigenvalue weighted by Gasteiger charge is -2.69. The predicted molar refractivity (Wildman–Crippen MR) is 156 cm³/mol. The van der Waals surface area contributed by atoms with Crippen LogP contribution in [0.4, 0.5) is 0 Å². The third-order valence-corrected chi connectivity index (χ3v) is 12.8. The number of fused-ring (bicyclic) bond motifs is 2. The Balaban J connectivity index is 1.53. The first kappa shape index (κ1) is 31.9. The van der Waals surface area contributed by atoms with Crippen LogP contribution in [0.1, 0.15) is 30.1 Å². The SMILES string of the molecule is COC[C@]12CN(C=O)[C@@H]3C4[C@H](OC)[C@H]1C3([C@@H](OC)C[C@H]2O)[C@@H]1C[C@@]2(O)C(OC(=O)c3ccccc3)[C@@H]1[C@]4(OC(C)=O)C(O)[C@@H]2OC. The Morgan fingerprint density at radius 1 is 1.02 bits per heavy atom. The third kappa shape index (κ3) is 3.52. The van der Waals surface area contributed by atoms with Crippen LogP contribution in [-0.2, 0) is 38.0 Å². The summed E-state index contributed by atoms with van der Waals surface area (Å²) in [5.41, 5.74) is -5.54. The molecule has 1 amide bonds. The molecule has 1 heterocycles. The molecule has 3 N–H and O–H groups in total. The van der Waals surface area contributed by atoms with Crippen molar-refractivity contribution in [1.82, 2.24) is 4.90 Å². The number of amides is 1. The number of aliphatic hydroxyl groups excluding tert-OH is 2. The molecule has 13 heteroatoms. The molecule has 1 aromatic carbocycles. The van der Waals surface area contributed by atoms with E-state index < -0.39 is 100 Å². The smallest absolute Gasteiger partial charge is 0.338 e. The lowest BCUT2D eigenvalue weighted by molar-refractivity contribution is -0.319. The normalized spacial score (nSPS) is 49.4. The van der Waals surface area contributed by atoms with Gasteiger partial charge in [-0.15, -0.1) is 0 Å². The van der Waals surface area contributed by atoms with Gasteiger partial charge in [-0.25, -0.2) is 4.79 Å². The van der Waals surface area contributed by atoms with Crippen molar-refractivity contribution in [1.29, 1.82) is 0 Å². The summed E-state index contributed by atoms with van der Waals surface area (Å²) in [5.74, 6) is -4.46. The molecule has 6 aliphatic rings. The zero-order chi connectivity index (χ0) is 33.0. The van der Waals surface area contributed by atoms with Gasteiger partial charge >= 0.3 is 11.9 Å².